The molecule has 4 saturated carbocycles. The van der Waals surface area contributed by atoms with Crippen LogP contribution in [0.1, 0.15) is 82.3 Å². The molecule has 1 heterocycles. The highest BCUT2D eigenvalue weighted by Gasteiger charge is 2.54. The molecular formula is C30H34O9. The van der Waals surface area contributed by atoms with Crippen molar-refractivity contribution >= 4 is 17.9 Å². The second-order valence-corrected chi connectivity index (χ2v) is 10.9. The molecule has 7 rings (SSSR count). The Morgan fingerprint density at radius 3 is 1.87 bits per heavy atom. The van der Waals surface area contributed by atoms with E-state index in [9.17, 15) is 14.7 Å². The topological polar surface area (TPSA) is 136 Å². The van der Waals surface area contributed by atoms with Crippen LogP contribution in [0.3, 0.4) is 0 Å². The molecule has 5 aliphatic rings. The minimum Gasteiger partial charge on any atom is -0.504 e. The van der Waals surface area contributed by atoms with Crippen LogP contribution in [0.4, 0.5) is 0 Å². The van der Waals surface area contributed by atoms with E-state index in [1.54, 1.807) is 12.1 Å². The molecule has 1 aliphatic heterocycles. The molecule has 4 aliphatic carbocycles. The number of carbonyl (C=O) groups excluding carboxylic acids is 4. The van der Waals surface area contributed by atoms with Crippen molar-refractivity contribution in [2.75, 3.05) is 7.11 Å². The lowest BCUT2D eigenvalue weighted by atomic mass is 9.91. The third-order valence-corrected chi connectivity index (χ3v) is 8.11. The summed E-state index contributed by atoms with van der Waals surface area (Å²) in [6.45, 7) is 2.17. The Hall–Kier alpha value is -3.84. The lowest BCUT2D eigenvalue weighted by Crippen LogP contribution is -2.45. The van der Waals surface area contributed by atoms with Gasteiger partial charge < -0.3 is 24.4 Å². The monoisotopic (exact) mass is 538 g/mol. The zero-order valence-corrected chi connectivity index (χ0v) is 22.3. The van der Waals surface area contributed by atoms with Crippen molar-refractivity contribution in [3.8, 4) is 23.0 Å². The molecular weight excluding hydrogens is 504 g/mol. The molecule has 0 unspecified atom stereocenters. The summed E-state index contributed by atoms with van der Waals surface area (Å²) in [5, 5.41) is 18.3. The number of benzene rings is 2. The average Bonchev–Trinajstić information content (AvgIpc) is 3.81. The Balaban J connectivity index is 0.000000150. The van der Waals surface area contributed by atoms with Gasteiger partial charge in [0.25, 0.3) is 5.79 Å². The van der Waals surface area contributed by atoms with E-state index >= 15 is 0 Å². The van der Waals surface area contributed by atoms with E-state index in [-0.39, 0.29) is 29.0 Å². The predicted octanol–water partition coefficient (Wildman–Crippen LogP) is 4.85. The first kappa shape index (κ1) is 28.2. The number of ether oxygens (including phenoxy) is 3. The maximum absolute atomic E-state index is 11.9. The molecule has 0 saturated heterocycles. The molecule has 9 nitrogen and oxygen atoms in total. The van der Waals surface area contributed by atoms with Crippen LogP contribution in [0.2, 0.25) is 0 Å². The molecule has 1 spiro atoms. The number of carbonyl (C=O) groups is 2. The van der Waals surface area contributed by atoms with Gasteiger partial charge in [0.15, 0.2) is 23.0 Å². The van der Waals surface area contributed by atoms with Gasteiger partial charge in [-0.2, -0.15) is 9.59 Å². The summed E-state index contributed by atoms with van der Waals surface area (Å²) < 4.78 is 16.7. The molecule has 208 valence electrons. The first-order valence-electron chi connectivity index (χ1n) is 13.2. The van der Waals surface area contributed by atoms with E-state index in [1.807, 2.05) is 24.3 Å². The number of phenolic OH excluding ortho intramolecular Hbond substituents is 2. The van der Waals surface area contributed by atoms with Crippen molar-refractivity contribution in [1.29, 1.82) is 0 Å². The van der Waals surface area contributed by atoms with Gasteiger partial charge in [-0.1, -0.05) is 19.1 Å². The quantitative estimate of drug-likeness (QED) is 0.415. The SMILES string of the molecule is CC1(c2ccc(O)c(O)c2)CC1.COC(=O)C1(c2ccc3c(c2)OC2(CCC2)O3)CC1.O=C1CCC1.O=C=O. The van der Waals surface area contributed by atoms with Crippen molar-refractivity contribution in [3.05, 3.63) is 47.5 Å². The van der Waals surface area contributed by atoms with Crippen molar-refractivity contribution in [1.82, 2.24) is 0 Å². The number of phenols is 2. The van der Waals surface area contributed by atoms with E-state index in [4.69, 9.17) is 28.9 Å². The maximum atomic E-state index is 11.9. The van der Waals surface area contributed by atoms with Crippen LogP contribution < -0.4 is 9.47 Å². The highest BCUT2D eigenvalue weighted by molar-refractivity contribution is 5.86. The van der Waals surface area contributed by atoms with Gasteiger partial charge in [-0.3, -0.25) is 9.59 Å². The number of Topliss-reactive ketones (excluding diaryl/α,β-unsaturated/α-hetero) is 1. The van der Waals surface area contributed by atoms with Gasteiger partial charge in [0.2, 0.25) is 0 Å². The maximum Gasteiger partial charge on any atom is 0.373 e. The van der Waals surface area contributed by atoms with Gasteiger partial charge in [0, 0.05) is 25.7 Å². The van der Waals surface area contributed by atoms with Gasteiger partial charge in [0.05, 0.1) is 12.5 Å². The van der Waals surface area contributed by atoms with Crippen molar-refractivity contribution in [2.24, 2.45) is 0 Å². The molecule has 0 bridgehead atoms. The molecule has 2 aromatic rings. The summed E-state index contributed by atoms with van der Waals surface area (Å²) in [6, 6.07) is 10.9. The molecule has 2 N–H and O–H groups in total. The number of hydrogen-bond donors (Lipinski definition) is 2. The molecule has 39 heavy (non-hydrogen) atoms. The summed E-state index contributed by atoms with van der Waals surface area (Å²) in [5.74, 6) is 1.39. The Morgan fingerprint density at radius 2 is 1.44 bits per heavy atom. The van der Waals surface area contributed by atoms with Crippen LogP contribution in [0.5, 0.6) is 23.0 Å². The fraction of sp³-hybridized carbons (Fsp3) is 0.500. The number of aromatic hydroxyl groups is 2. The van der Waals surface area contributed by atoms with Crippen LogP contribution in [0.15, 0.2) is 36.4 Å². The minimum atomic E-state index is -0.442. The third kappa shape index (κ3) is 6.09. The zero-order valence-electron chi connectivity index (χ0n) is 22.3. The largest absolute Gasteiger partial charge is 0.504 e. The Kier molecular flexibility index (Phi) is 8.02. The molecule has 0 aromatic heterocycles. The van der Waals surface area contributed by atoms with E-state index in [0.29, 0.717) is 5.78 Å². The number of rotatable bonds is 3. The summed E-state index contributed by atoms with van der Waals surface area (Å²) in [6.07, 6.45) is 10.2. The van der Waals surface area contributed by atoms with Crippen LogP contribution in [-0.4, -0.2) is 41.0 Å². The number of ketones is 1. The van der Waals surface area contributed by atoms with Gasteiger partial charge in [-0.25, -0.2) is 0 Å². The Labute approximate surface area is 227 Å². The van der Waals surface area contributed by atoms with Gasteiger partial charge in [-0.15, -0.1) is 0 Å². The molecule has 0 radical (unpaired) electrons. The lowest BCUT2D eigenvalue weighted by Gasteiger charge is -2.35. The van der Waals surface area contributed by atoms with Crippen molar-refractivity contribution in [3.63, 3.8) is 0 Å². The number of esters is 1. The lowest BCUT2D eigenvalue weighted by molar-refractivity contribution is -0.191. The van der Waals surface area contributed by atoms with Crippen LogP contribution in [0, 0.1) is 0 Å². The van der Waals surface area contributed by atoms with E-state index in [1.165, 1.54) is 20.0 Å². The summed E-state index contributed by atoms with van der Waals surface area (Å²) >= 11 is 0. The first-order valence-corrected chi connectivity index (χ1v) is 13.2. The van der Waals surface area contributed by atoms with Crippen LogP contribution in [-0.2, 0) is 34.7 Å². The fourth-order valence-electron chi connectivity index (χ4n) is 4.69. The summed E-state index contributed by atoms with van der Waals surface area (Å²) in [5.41, 5.74) is 1.92. The van der Waals surface area contributed by atoms with E-state index in [2.05, 4.69) is 6.92 Å². The van der Waals surface area contributed by atoms with Crippen LogP contribution >= 0.6 is 0 Å². The Morgan fingerprint density at radius 1 is 0.846 bits per heavy atom. The van der Waals surface area contributed by atoms with E-state index < -0.39 is 11.2 Å². The normalized spacial score (nSPS) is 20.5. The summed E-state index contributed by atoms with van der Waals surface area (Å²) in [4.78, 5) is 38.0. The highest BCUT2D eigenvalue weighted by Crippen LogP contribution is 2.54. The second-order valence-electron chi connectivity index (χ2n) is 10.9. The van der Waals surface area contributed by atoms with Gasteiger partial charge in [-0.05, 0) is 79.3 Å². The number of methoxy groups -OCH3 is 1. The molecule has 2 aromatic carbocycles. The molecule has 0 amide bonds. The molecule has 9 heteroatoms. The second kappa shape index (κ2) is 11.1. The molecule has 4 fully saturated rings. The minimum absolute atomic E-state index is 0.0133. The highest BCUT2D eigenvalue weighted by atomic mass is 16.7. The first-order chi connectivity index (χ1) is 18.6. The third-order valence-electron chi connectivity index (χ3n) is 8.11. The van der Waals surface area contributed by atoms with E-state index in [0.717, 1.165) is 74.0 Å². The Bertz CT molecular complexity index is 1260. The van der Waals surface area contributed by atoms with Gasteiger partial charge >= 0.3 is 12.1 Å². The molecule has 0 atom stereocenters. The number of fused-ring (bicyclic) bond motifs is 1. The van der Waals surface area contributed by atoms with Crippen molar-refractivity contribution in [2.45, 2.75) is 87.7 Å². The average molecular weight is 539 g/mol. The summed E-state index contributed by atoms with van der Waals surface area (Å²) in [7, 11) is 1.44. The van der Waals surface area contributed by atoms with Crippen LogP contribution in [0.25, 0.3) is 0 Å². The standard InChI is InChI=1S/C15H16O4.C10H12O2.C4H6O.CO2/c1-17-13(16)14(7-8-14)10-3-4-11-12(9-10)19-15(18-11)5-2-6-15;1-10(4-5-10)7-2-3-8(11)9(12)6-7;5-4-2-1-3-4;2-1-3/h3-4,9H,2,5-8H2,1H3;2-3,6,11-12H,4-5H2,1H3;1-3H2;. The smallest absolute Gasteiger partial charge is 0.373 e. The predicted molar refractivity (Wildman–Crippen MR) is 137 cm³/mol. The zero-order chi connectivity index (χ0) is 28.3. The number of hydrogen-bond acceptors (Lipinski definition) is 9. The van der Waals surface area contributed by atoms with Crippen molar-refractivity contribution < 1.29 is 43.6 Å². The fourth-order valence-corrected chi connectivity index (χ4v) is 4.69. The van der Waals surface area contributed by atoms with Gasteiger partial charge in [0.1, 0.15) is 5.78 Å².